The topological polar surface area (TPSA) is 20.2 Å². The lowest BCUT2D eigenvalue weighted by Gasteiger charge is -2.22. The third-order valence-electron chi connectivity index (χ3n) is 0.987. The van der Waals surface area contributed by atoms with Gasteiger partial charge in [-0.3, -0.25) is 0 Å². The maximum absolute atomic E-state index is 8.42. The molecule has 0 rings (SSSR count). The number of hydrogen-bond acceptors (Lipinski definition) is 1. The van der Waals surface area contributed by atoms with E-state index >= 15 is 0 Å². The SMILES string of the molecule is C.C[N+](C)(C)CCCO. The van der Waals surface area contributed by atoms with Crippen LogP contribution in [-0.4, -0.2) is 43.9 Å². The molecule has 2 heteroatoms. The van der Waals surface area contributed by atoms with Gasteiger partial charge in [-0.05, 0) is 0 Å². The lowest BCUT2D eigenvalue weighted by molar-refractivity contribution is -0.870. The quantitative estimate of drug-likeness (QED) is 0.564. The van der Waals surface area contributed by atoms with Gasteiger partial charge < -0.3 is 9.59 Å². The zero-order chi connectivity index (χ0) is 6.62. The van der Waals surface area contributed by atoms with Gasteiger partial charge in [0.15, 0.2) is 0 Å². The van der Waals surface area contributed by atoms with Gasteiger partial charge in [0, 0.05) is 13.0 Å². The molecule has 0 aliphatic heterocycles. The monoisotopic (exact) mass is 134 g/mol. The molecule has 0 spiro atoms. The van der Waals surface area contributed by atoms with Crippen molar-refractivity contribution in [1.29, 1.82) is 0 Å². The molecular weight excluding hydrogens is 114 g/mol. The second-order valence-electron chi connectivity index (χ2n) is 3.09. The van der Waals surface area contributed by atoms with Crippen LogP contribution in [0.15, 0.2) is 0 Å². The fourth-order valence-corrected chi connectivity index (χ4v) is 0.545. The molecule has 0 aromatic rings. The van der Waals surface area contributed by atoms with Crippen LogP contribution >= 0.6 is 0 Å². The molecule has 0 heterocycles. The number of hydrogen-bond donors (Lipinski definition) is 1. The van der Waals surface area contributed by atoms with E-state index in [9.17, 15) is 0 Å². The maximum atomic E-state index is 8.42. The van der Waals surface area contributed by atoms with Crippen LogP contribution in [0.2, 0.25) is 0 Å². The molecule has 9 heavy (non-hydrogen) atoms. The van der Waals surface area contributed by atoms with Crippen LogP contribution in [-0.2, 0) is 0 Å². The van der Waals surface area contributed by atoms with Gasteiger partial charge in [-0.2, -0.15) is 0 Å². The Bertz CT molecular complexity index is 56.4. The summed E-state index contributed by atoms with van der Waals surface area (Å²) in [5.41, 5.74) is 0. The second kappa shape index (κ2) is 4.77. The van der Waals surface area contributed by atoms with Crippen molar-refractivity contribution in [2.24, 2.45) is 0 Å². The summed E-state index contributed by atoms with van der Waals surface area (Å²) in [6, 6.07) is 0. The first kappa shape index (κ1) is 11.7. The van der Waals surface area contributed by atoms with Gasteiger partial charge in [0.2, 0.25) is 0 Å². The van der Waals surface area contributed by atoms with Gasteiger partial charge in [0.1, 0.15) is 0 Å². The molecule has 0 saturated heterocycles. The lowest BCUT2D eigenvalue weighted by atomic mass is 10.4. The molecule has 0 saturated carbocycles. The van der Waals surface area contributed by atoms with Crippen LogP contribution in [0.25, 0.3) is 0 Å². The largest absolute Gasteiger partial charge is 0.396 e. The average Bonchev–Trinajstić information content (AvgIpc) is 1.59. The summed E-state index contributed by atoms with van der Waals surface area (Å²) in [5, 5.41) is 8.42. The normalized spacial score (nSPS) is 10.7. The molecule has 2 nitrogen and oxygen atoms in total. The van der Waals surface area contributed by atoms with Gasteiger partial charge in [0.25, 0.3) is 0 Å². The van der Waals surface area contributed by atoms with Gasteiger partial charge in [0.05, 0.1) is 27.7 Å². The Morgan fingerprint density at radius 3 is 1.78 bits per heavy atom. The zero-order valence-electron chi connectivity index (χ0n) is 6.02. The van der Waals surface area contributed by atoms with Crippen LogP contribution < -0.4 is 0 Å². The predicted octanol–water partition coefficient (Wildman–Crippen LogP) is 0.711. The van der Waals surface area contributed by atoms with E-state index in [1.54, 1.807) is 0 Å². The van der Waals surface area contributed by atoms with E-state index in [2.05, 4.69) is 21.1 Å². The number of aliphatic hydroxyl groups excluding tert-OH is 1. The summed E-state index contributed by atoms with van der Waals surface area (Å²) in [4.78, 5) is 0. The first-order valence-electron chi connectivity index (χ1n) is 2.97. The van der Waals surface area contributed by atoms with Crippen molar-refractivity contribution < 1.29 is 9.59 Å². The van der Waals surface area contributed by atoms with Crippen molar-refractivity contribution in [3.63, 3.8) is 0 Å². The number of aliphatic hydroxyl groups is 1. The molecule has 0 atom stereocenters. The first-order valence-corrected chi connectivity index (χ1v) is 2.97. The molecule has 0 aromatic carbocycles. The average molecular weight is 134 g/mol. The van der Waals surface area contributed by atoms with Crippen molar-refractivity contribution in [1.82, 2.24) is 0 Å². The standard InChI is InChI=1S/C6H16NO.CH4/c1-7(2,3)5-4-6-8;/h8H,4-6H2,1-3H3;1H4/q+1;. The molecule has 0 aromatic heterocycles. The highest BCUT2D eigenvalue weighted by Gasteiger charge is 2.03. The Morgan fingerprint density at radius 1 is 1.22 bits per heavy atom. The van der Waals surface area contributed by atoms with Crippen molar-refractivity contribution in [3.05, 3.63) is 0 Å². The third-order valence-corrected chi connectivity index (χ3v) is 0.987. The molecular formula is C7H20NO+. The number of quaternary nitrogens is 1. The molecule has 0 aliphatic rings. The molecule has 1 N–H and O–H groups in total. The first-order chi connectivity index (χ1) is 3.56. The van der Waals surface area contributed by atoms with E-state index in [1.807, 2.05) is 0 Å². The van der Waals surface area contributed by atoms with Crippen molar-refractivity contribution >= 4 is 0 Å². The molecule has 0 radical (unpaired) electrons. The van der Waals surface area contributed by atoms with E-state index in [4.69, 9.17) is 5.11 Å². The van der Waals surface area contributed by atoms with Crippen LogP contribution in [0, 0.1) is 0 Å². The Balaban J connectivity index is 0. The Kier molecular flexibility index (Phi) is 6.19. The predicted molar refractivity (Wildman–Crippen MR) is 41.3 cm³/mol. The van der Waals surface area contributed by atoms with E-state index in [1.165, 1.54) is 0 Å². The Hall–Kier alpha value is -0.0800. The highest BCUT2D eigenvalue weighted by Crippen LogP contribution is 1.90. The number of rotatable bonds is 3. The molecule has 0 bridgehead atoms. The summed E-state index contributed by atoms with van der Waals surface area (Å²) in [7, 11) is 6.36. The van der Waals surface area contributed by atoms with Gasteiger partial charge >= 0.3 is 0 Å². The smallest absolute Gasteiger partial charge is 0.0802 e. The van der Waals surface area contributed by atoms with E-state index in [0.717, 1.165) is 17.4 Å². The fraction of sp³-hybridized carbons (Fsp3) is 1.00. The van der Waals surface area contributed by atoms with E-state index in [0.29, 0.717) is 6.61 Å². The maximum Gasteiger partial charge on any atom is 0.0802 e. The van der Waals surface area contributed by atoms with E-state index in [-0.39, 0.29) is 7.43 Å². The van der Waals surface area contributed by atoms with Crippen LogP contribution in [0.4, 0.5) is 0 Å². The van der Waals surface area contributed by atoms with Crippen molar-refractivity contribution in [3.8, 4) is 0 Å². The highest BCUT2D eigenvalue weighted by atomic mass is 16.3. The van der Waals surface area contributed by atoms with Crippen molar-refractivity contribution in [2.75, 3.05) is 34.3 Å². The van der Waals surface area contributed by atoms with Gasteiger partial charge in [-0.25, -0.2) is 0 Å². The molecule has 58 valence electrons. The van der Waals surface area contributed by atoms with Crippen molar-refractivity contribution in [2.45, 2.75) is 13.8 Å². The fourth-order valence-electron chi connectivity index (χ4n) is 0.545. The number of nitrogens with zero attached hydrogens (tertiary/aromatic N) is 1. The molecule has 0 amide bonds. The van der Waals surface area contributed by atoms with E-state index < -0.39 is 0 Å². The lowest BCUT2D eigenvalue weighted by Crippen LogP contribution is -2.35. The summed E-state index contributed by atoms with van der Waals surface area (Å²) in [5.74, 6) is 0. The van der Waals surface area contributed by atoms with Crippen LogP contribution in [0.5, 0.6) is 0 Å². The highest BCUT2D eigenvalue weighted by molar-refractivity contribution is 4.28. The summed E-state index contributed by atoms with van der Waals surface area (Å²) in [6.45, 7) is 1.37. The second-order valence-corrected chi connectivity index (χ2v) is 3.09. The zero-order valence-corrected chi connectivity index (χ0v) is 6.02. The summed E-state index contributed by atoms with van der Waals surface area (Å²) < 4.78 is 0.945. The minimum Gasteiger partial charge on any atom is -0.396 e. The minimum atomic E-state index is 0. The molecule has 0 unspecified atom stereocenters. The Labute approximate surface area is 58.7 Å². The van der Waals surface area contributed by atoms with Gasteiger partial charge in [-0.1, -0.05) is 7.43 Å². The van der Waals surface area contributed by atoms with Crippen LogP contribution in [0.1, 0.15) is 13.8 Å². The Morgan fingerprint density at radius 2 is 1.67 bits per heavy atom. The summed E-state index contributed by atoms with van der Waals surface area (Å²) >= 11 is 0. The van der Waals surface area contributed by atoms with Gasteiger partial charge in [-0.15, -0.1) is 0 Å². The minimum absolute atomic E-state index is 0. The summed E-state index contributed by atoms with van der Waals surface area (Å²) in [6.07, 6.45) is 0.906. The molecule has 0 fully saturated rings. The molecule has 0 aliphatic carbocycles. The third kappa shape index (κ3) is 11.5. The van der Waals surface area contributed by atoms with Crippen LogP contribution in [0.3, 0.4) is 0 Å².